The van der Waals surface area contributed by atoms with E-state index in [2.05, 4.69) is 14.9 Å². The standard InChI is InChI=1S/C15H10F3N3O6S2/c16-15(17,18)9-2-1-3-10(8-9)29(24,25)26-6-7-28-12-5-4-11(21(22)23)13-14(12)20-27-19-13/h1-5,8H,6-7H2. The molecule has 29 heavy (non-hydrogen) atoms. The molecule has 0 radical (unpaired) electrons. The Kier molecular flexibility index (Phi) is 5.77. The van der Waals surface area contributed by atoms with Crippen LogP contribution in [0.2, 0.25) is 0 Å². The van der Waals surface area contributed by atoms with E-state index in [4.69, 9.17) is 4.18 Å². The minimum absolute atomic E-state index is 0.0579. The average molecular weight is 449 g/mol. The van der Waals surface area contributed by atoms with Gasteiger partial charge in [-0.3, -0.25) is 14.3 Å². The van der Waals surface area contributed by atoms with Crippen molar-refractivity contribution in [3.63, 3.8) is 0 Å². The van der Waals surface area contributed by atoms with E-state index in [1.54, 1.807) is 0 Å². The Morgan fingerprint density at radius 1 is 1.17 bits per heavy atom. The zero-order valence-corrected chi connectivity index (χ0v) is 15.8. The molecular weight excluding hydrogens is 439 g/mol. The van der Waals surface area contributed by atoms with Gasteiger partial charge in [0.2, 0.25) is 5.52 Å². The quantitative estimate of drug-likeness (QED) is 0.175. The number of hydrogen-bond donors (Lipinski definition) is 0. The van der Waals surface area contributed by atoms with Crippen LogP contribution in [0.5, 0.6) is 0 Å². The number of non-ortho nitro benzene ring substituents is 1. The lowest BCUT2D eigenvalue weighted by Gasteiger charge is -2.09. The monoisotopic (exact) mass is 449 g/mol. The molecular formula is C15H10F3N3O6S2. The molecule has 0 aliphatic carbocycles. The number of thioether (sulfide) groups is 1. The van der Waals surface area contributed by atoms with Gasteiger partial charge in [-0.1, -0.05) is 6.07 Å². The molecule has 1 aromatic heterocycles. The van der Waals surface area contributed by atoms with Gasteiger partial charge in [-0.2, -0.15) is 21.6 Å². The van der Waals surface area contributed by atoms with Gasteiger partial charge in [0.15, 0.2) is 5.52 Å². The van der Waals surface area contributed by atoms with Gasteiger partial charge >= 0.3 is 11.9 Å². The number of hydrogen-bond acceptors (Lipinski definition) is 9. The van der Waals surface area contributed by atoms with E-state index in [0.29, 0.717) is 11.0 Å². The molecule has 0 bridgehead atoms. The molecule has 0 aliphatic heterocycles. The van der Waals surface area contributed by atoms with Crippen molar-refractivity contribution in [3.05, 3.63) is 52.1 Å². The van der Waals surface area contributed by atoms with Gasteiger partial charge in [-0.25, -0.2) is 4.63 Å². The number of alkyl halides is 3. The van der Waals surface area contributed by atoms with Gasteiger partial charge in [-0.05, 0) is 34.6 Å². The van der Waals surface area contributed by atoms with Crippen LogP contribution in [0.25, 0.3) is 11.0 Å². The van der Waals surface area contributed by atoms with Crippen molar-refractivity contribution < 1.29 is 35.3 Å². The van der Waals surface area contributed by atoms with E-state index in [9.17, 15) is 31.7 Å². The van der Waals surface area contributed by atoms with Crippen molar-refractivity contribution in [3.8, 4) is 0 Å². The van der Waals surface area contributed by atoms with Crippen molar-refractivity contribution in [1.29, 1.82) is 0 Å². The molecule has 0 atom stereocenters. The zero-order chi connectivity index (χ0) is 21.2. The average Bonchev–Trinajstić information content (AvgIpc) is 3.14. The summed E-state index contributed by atoms with van der Waals surface area (Å²) in [7, 11) is -4.40. The lowest BCUT2D eigenvalue weighted by Crippen LogP contribution is -2.11. The number of nitrogens with zero attached hydrogens (tertiary/aromatic N) is 3. The molecule has 0 N–H and O–H groups in total. The van der Waals surface area contributed by atoms with E-state index in [1.165, 1.54) is 12.1 Å². The lowest BCUT2D eigenvalue weighted by molar-refractivity contribution is -0.383. The number of nitro groups is 1. The summed E-state index contributed by atoms with van der Waals surface area (Å²) >= 11 is 1.06. The Labute approximate surface area is 165 Å². The highest BCUT2D eigenvalue weighted by molar-refractivity contribution is 7.99. The second kappa shape index (κ2) is 7.96. The van der Waals surface area contributed by atoms with E-state index in [0.717, 1.165) is 30.0 Å². The van der Waals surface area contributed by atoms with Crippen LogP contribution >= 0.6 is 11.8 Å². The number of nitro benzene ring substituents is 1. The molecule has 0 unspecified atom stereocenters. The first-order valence-corrected chi connectivity index (χ1v) is 10.1. The highest BCUT2D eigenvalue weighted by atomic mass is 32.2. The molecule has 0 spiro atoms. The SMILES string of the molecule is O=[N+]([O-])c1ccc(SCCOS(=O)(=O)c2cccc(C(F)(F)F)c2)c2nonc12. The maximum Gasteiger partial charge on any atom is 0.416 e. The van der Waals surface area contributed by atoms with Crippen molar-refractivity contribution in [2.24, 2.45) is 0 Å². The normalized spacial score (nSPS) is 12.4. The maximum atomic E-state index is 12.7. The maximum absolute atomic E-state index is 12.7. The number of fused-ring (bicyclic) bond motifs is 1. The van der Waals surface area contributed by atoms with Crippen LogP contribution in [0.1, 0.15) is 5.56 Å². The molecule has 3 aromatic rings. The van der Waals surface area contributed by atoms with Crippen LogP contribution in [0.3, 0.4) is 0 Å². The largest absolute Gasteiger partial charge is 0.416 e. The molecule has 0 aliphatic rings. The van der Waals surface area contributed by atoms with Crippen molar-refractivity contribution >= 4 is 38.6 Å². The van der Waals surface area contributed by atoms with Gasteiger partial charge in [0.25, 0.3) is 10.1 Å². The summed E-state index contributed by atoms with van der Waals surface area (Å²) in [5.74, 6) is 0.0674. The van der Waals surface area contributed by atoms with Crippen molar-refractivity contribution in [2.75, 3.05) is 12.4 Å². The third-order valence-electron chi connectivity index (χ3n) is 3.58. The van der Waals surface area contributed by atoms with Gasteiger partial charge in [0, 0.05) is 16.7 Å². The number of aromatic nitrogens is 2. The predicted octanol–water partition coefficient (Wildman–Crippen LogP) is 3.65. The molecule has 0 fully saturated rings. The molecule has 1 heterocycles. The topological polar surface area (TPSA) is 125 Å². The summed E-state index contributed by atoms with van der Waals surface area (Å²) in [5.41, 5.74) is -1.33. The summed E-state index contributed by atoms with van der Waals surface area (Å²) < 4.78 is 71.7. The van der Waals surface area contributed by atoms with Crippen LogP contribution < -0.4 is 0 Å². The van der Waals surface area contributed by atoms with E-state index in [-0.39, 0.29) is 29.1 Å². The second-order valence-corrected chi connectivity index (χ2v) is 8.20. The smallest absolute Gasteiger partial charge is 0.265 e. The lowest BCUT2D eigenvalue weighted by atomic mass is 10.2. The fraction of sp³-hybridized carbons (Fsp3) is 0.200. The summed E-state index contributed by atoms with van der Waals surface area (Å²) in [6.45, 7) is -0.354. The van der Waals surface area contributed by atoms with Crippen LogP contribution in [0.4, 0.5) is 18.9 Å². The molecule has 9 nitrogen and oxygen atoms in total. The van der Waals surface area contributed by atoms with Crippen LogP contribution in [0.15, 0.2) is 50.8 Å². The van der Waals surface area contributed by atoms with Gasteiger partial charge in [0.1, 0.15) is 0 Å². The first-order valence-electron chi connectivity index (χ1n) is 7.69. The van der Waals surface area contributed by atoms with E-state index >= 15 is 0 Å². The number of rotatable bonds is 7. The summed E-state index contributed by atoms with van der Waals surface area (Å²) in [5, 5.41) is 18.0. The predicted molar refractivity (Wildman–Crippen MR) is 93.8 cm³/mol. The Balaban J connectivity index is 1.66. The molecule has 14 heteroatoms. The fourth-order valence-electron chi connectivity index (χ4n) is 2.29. The Morgan fingerprint density at radius 2 is 1.90 bits per heavy atom. The molecule has 0 amide bonds. The highest BCUT2D eigenvalue weighted by Gasteiger charge is 2.31. The van der Waals surface area contributed by atoms with Gasteiger partial charge < -0.3 is 0 Å². The molecule has 2 aromatic carbocycles. The number of benzene rings is 2. The summed E-state index contributed by atoms with van der Waals surface area (Å²) in [4.78, 5) is 10.1. The number of halogens is 3. The van der Waals surface area contributed by atoms with Crippen LogP contribution in [-0.2, 0) is 20.5 Å². The molecule has 154 valence electrons. The summed E-state index contributed by atoms with van der Waals surface area (Å²) in [6.07, 6.45) is -4.69. The molecule has 0 saturated heterocycles. The second-order valence-electron chi connectivity index (χ2n) is 5.45. The highest BCUT2D eigenvalue weighted by Crippen LogP contribution is 2.32. The minimum atomic E-state index is -4.69. The Bertz CT molecular complexity index is 1160. The molecule has 0 saturated carbocycles. The third kappa shape index (κ3) is 4.65. The zero-order valence-electron chi connectivity index (χ0n) is 14.1. The van der Waals surface area contributed by atoms with Gasteiger partial charge in [0.05, 0.1) is 22.0 Å². The van der Waals surface area contributed by atoms with E-state index < -0.39 is 31.7 Å². The van der Waals surface area contributed by atoms with Crippen LogP contribution in [0, 0.1) is 10.1 Å². The van der Waals surface area contributed by atoms with Gasteiger partial charge in [-0.15, -0.1) is 11.8 Å². The molecule has 3 rings (SSSR count). The van der Waals surface area contributed by atoms with Crippen molar-refractivity contribution in [2.45, 2.75) is 16.0 Å². The first-order chi connectivity index (χ1) is 13.6. The Hall–Kier alpha value is -2.71. The minimum Gasteiger partial charge on any atom is -0.265 e. The fourth-order valence-corrected chi connectivity index (χ4v) is 4.17. The van der Waals surface area contributed by atoms with E-state index in [1.807, 2.05) is 0 Å². The summed E-state index contributed by atoms with van der Waals surface area (Å²) in [6, 6.07) is 5.81. The van der Waals surface area contributed by atoms with Crippen molar-refractivity contribution in [1.82, 2.24) is 10.3 Å². The Morgan fingerprint density at radius 3 is 2.59 bits per heavy atom. The third-order valence-corrected chi connectivity index (χ3v) is 5.90. The first kappa shape index (κ1) is 21.0. The van der Waals surface area contributed by atoms with Crippen LogP contribution in [-0.4, -0.2) is 36.0 Å².